The van der Waals surface area contributed by atoms with Crippen molar-refractivity contribution in [1.82, 2.24) is 9.55 Å². The van der Waals surface area contributed by atoms with E-state index in [1.54, 1.807) is 0 Å². The molecule has 1 aliphatic rings. The third kappa shape index (κ3) is 1.75. The number of aromatic nitrogens is 2. The van der Waals surface area contributed by atoms with Gasteiger partial charge in [-0.3, -0.25) is 0 Å². The SMILES string of the molecule is Cc1ccc2c(c1)nc(C)n2[C@@H]1CC[C@H](N)C1. The Morgan fingerprint density at radius 1 is 1.29 bits per heavy atom. The fraction of sp³-hybridized carbons (Fsp3) is 0.500. The van der Waals surface area contributed by atoms with Crippen LogP contribution in [0.4, 0.5) is 0 Å². The molecule has 1 fully saturated rings. The molecular weight excluding hydrogens is 210 g/mol. The summed E-state index contributed by atoms with van der Waals surface area (Å²) in [6.07, 6.45) is 3.40. The van der Waals surface area contributed by atoms with Crippen LogP contribution in [0.1, 0.15) is 36.7 Å². The minimum atomic E-state index is 0.363. The summed E-state index contributed by atoms with van der Waals surface area (Å²) in [6.45, 7) is 4.21. The number of hydrogen-bond acceptors (Lipinski definition) is 2. The lowest BCUT2D eigenvalue weighted by molar-refractivity contribution is 0.511. The molecule has 2 atom stereocenters. The molecule has 0 amide bonds. The van der Waals surface area contributed by atoms with Crippen molar-refractivity contribution in [3.05, 3.63) is 29.6 Å². The van der Waals surface area contributed by atoms with Crippen LogP contribution in [0.15, 0.2) is 18.2 Å². The fourth-order valence-corrected chi connectivity index (χ4v) is 3.02. The predicted octanol–water partition coefficient (Wildman–Crippen LogP) is 2.71. The van der Waals surface area contributed by atoms with E-state index < -0.39 is 0 Å². The molecule has 1 aromatic heterocycles. The molecule has 1 saturated carbocycles. The first-order valence-corrected chi connectivity index (χ1v) is 6.36. The summed E-state index contributed by atoms with van der Waals surface area (Å²) < 4.78 is 2.38. The number of aryl methyl sites for hydroxylation is 2. The number of imidazole rings is 1. The molecule has 90 valence electrons. The highest BCUT2D eigenvalue weighted by Crippen LogP contribution is 2.33. The van der Waals surface area contributed by atoms with Gasteiger partial charge in [-0.1, -0.05) is 6.07 Å². The lowest BCUT2D eigenvalue weighted by Gasteiger charge is -2.15. The summed E-state index contributed by atoms with van der Waals surface area (Å²) in [4.78, 5) is 4.67. The molecule has 3 heteroatoms. The monoisotopic (exact) mass is 229 g/mol. The van der Waals surface area contributed by atoms with Gasteiger partial charge in [-0.05, 0) is 50.8 Å². The molecule has 0 radical (unpaired) electrons. The van der Waals surface area contributed by atoms with Gasteiger partial charge < -0.3 is 10.3 Å². The molecule has 1 heterocycles. The zero-order valence-corrected chi connectivity index (χ0v) is 10.5. The summed E-state index contributed by atoms with van der Waals surface area (Å²) >= 11 is 0. The molecule has 3 nitrogen and oxygen atoms in total. The molecular formula is C14H19N3. The Morgan fingerprint density at radius 3 is 2.82 bits per heavy atom. The van der Waals surface area contributed by atoms with Crippen LogP contribution in [-0.2, 0) is 0 Å². The quantitative estimate of drug-likeness (QED) is 0.817. The standard InChI is InChI=1S/C14H19N3/c1-9-3-6-14-13(7-9)16-10(2)17(14)12-5-4-11(15)8-12/h3,6-7,11-12H,4-5,8,15H2,1-2H3/t11-,12+/m0/s1. The van der Waals surface area contributed by atoms with E-state index in [1.807, 2.05) is 0 Å². The summed E-state index contributed by atoms with van der Waals surface area (Å²) in [5, 5.41) is 0. The highest BCUT2D eigenvalue weighted by molar-refractivity contribution is 5.77. The topological polar surface area (TPSA) is 43.8 Å². The Labute approximate surface area is 102 Å². The third-order valence-electron chi connectivity index (χ3n) is 3.83. The van der Waals surface area contributed by atoms with E-state index in [0.29, 0.717) is 12.1 Å². The first kappa shape index (κ1) is 10.8. The summed E-state index contributed by atoms with van der Waals surface area (Å²) in [5.41, 5.74) is 9.66. The first-order chi connectivity index (χ1) is 8.15. The van der Waals surface area contributed by atoms with E-state index in [2.05, 4.69) is 41.6 Å². The lowest BCUT2D eigenvalue weighted by atomic mass is 10.2. The normalized spacial score (nSPS) is 24.6. The average Bonchev–Trinajstić information content (AvgIpc) is 2.80. The van der Waals surface area contributed by atoms with Crippen LogP contribution in [-0.4, -0.2) is 15.6 Å². The Morgan fingerprint density at radius 2 is 2.12 bits per heavy atom. The average molecular weight is 229 g/mol. The van der Waals surface area contributed by atoms with Gasteiger partial charge in [-0.15, -0.1) is 0 Å². The Kier molecular flexibility index (Phi) is 2.44. The molecule has 0 aliphatic heterocycles. The summed E-state index contributed by atoms with van der Waals surface area (Å²) in [7, 11) is 0. The Balaban J connectivity index is 2.12. The molecule has 0 spiro atoms. The number of hydrogen-bond donors (Lipinski definition) is 1. The first-order valence-electron chi connectivity index (χ1n) is 6.36. The lowest BCUT2D eigenvalue weighted by Crippen LogP contribution is -2.16. The van der Waals surface area contributed by atoms with Crippen LogP contribution in [0.25, 0.3) is 11.0 Å². The maximum absolute atomic E-state index is 6.02. The van der Waals surface area contributed by atoms with Crippen molar-refractivity contribution in [2.75, 3.05) is 0 Å². The number of fused-ring (bicyclic) bond motifs is 1. The van der Waals surface area contributed by atoms with Crippen molar-refractivity contribution in [2.45, 2.75) is 45.2 Å². The summed E-state index contributed by atoms with van der Waals surface area (Å²) in [5.74, 6) is 1.12. The van der Waals surface area contributed by atoms with E-state index in [-0.39, 0.29) is 0 Å². The van der Waals surface area contributed by atoms with Gasteiger partial charge in [0.2, 0.25) is 0 Å². The smallest absolute Gasteiger partial charge is 0.106 e. The van der Waals surface area contributed by atoms with Crippen LogP contribution in [0, 0.1) is 13.8 Å². The number of nitrogens with two attached hydrogens (primary N) is 1. The van der Waals surface area contributed by atoms with Crippen LogP contribution in [0.5, 0.6) is 0 Å². The molecule has 2 N–H and O–H groups in total. The number of rotatable bonds is 1. The third-order valence-corrected chi connectivity index (χ3v) is 3.83. The van der Waals surface area contributed by atoms with E-state index in [9.17, 15) is 0 Å². The second-order valence-corrected chi connectivity index (χ2v) is 5.25. The summed E-state index contributed by atoms with van der Waals surface area (Å²) in [6, 6.07) is 7.41. The van der Waals surface area contributed by atoms with Gasteiger partial charge in [0.25, 0.3) is 0 Å². The van der Waals surface area contributed by atoms with E-state index >= 15 is 0 Å². The Bertz CT molecular complexity index is 556. The second kappa shape index (κ2) is 3.84. The maximum atomic E-state index is 6.02. The van der Waals surface area contributed by atoms with Crippen molar-refractivity contribution < 1.29 is 0 Å². The fourth-order valence-electron chi connectivity index (χ4n) is 3.02. The molecule has 1 aliphatic carbocycles. The van der Waals surface area contributed by atoms with Crippen molar-refractivity contribution in [2.24, 2.45) is 5.73 Å². The van der Waals surface area contributed by atoms with Gasteiger partial charge in [0.1, 0.15) is 5.82 Å². The molecule has 17 heavy (non-hydrogen) atoms. The largest absolute Gasteiger partial charge is 0.328 e. The van der Waals surface area contributed by atoms with Gasteiger partial charge in [0, 0.05) is 12.1 Å². The predicted molar refractivity (Wildman–Crippen MR) is 70.1 cm³/mol. The van der Waals surface area contributed by atoms with E-state index in [1.165, 1.54) is 17.5 Å². The maximum Gasteiger partial charge on any atom is 0.106 e. The molecule has 3 rings (SSSR count). The molecule has 1 aromatic carbocycles. The molecule has 0 saturated heterocycles. The second-order valence-electron chi connectivity index (χ2n) is 5.25. The zero-order chi connectivity index (χ0) is 12.0. The molecule has 0 unspecified atom stereocenters. The minimum absolute atomic E-state index is 0.363. The van der Waals surface area contributed by atoms with Gasteiger partial charge >= 0.3 is 0 Å². The highest BCUT2D eigenvalue weighted by atomic mass is 15.1. The zero-order valence-electron chi connectivity index (χ0n) is 10.5. The Hall–Kier alpha value is -1.35. The number of benzene rings is 1. The van der Waals surface area contributed by atoms with Gasteiger partial charge in [-0.2, -0.15) is 0 Å². The van der Waals surface area contributed by atoms with Crippen molar-refractivity contribution >= 4 is 11.0 Å². The van der Waals surface area contributed by atoms with Gasteiger partial charge in [0.05, 0.1) is 11.0 Å². The van der Waals surface area contributed by atoms with Crippen molar-refractivity contribution in [3.8, 4) is 0 Å². The van der Waals surface area contributed by atoms with Crippen LogP contribution in [0.3, 0.4) is 0 Å². The van der Waals surface area contributed by atoms with Crippen LogP contribution >= 0.6 is 0 Å². The van der Waals surface area contributed by atoms with Crippen LogP contribution in [0.2, 0.25) is 0 Å². The molecule has 2 aromatic rings. The molecule has 0 bridgehead atoms. The van der Waals surface area contributed by atoms with E-state index in [0.717, 1.165) is 24.2 Å². The minimum Gasteiger partial charge on any atom is -0.328 e. The highest BCUT2D eigenvalue weighted by Gasteiger charge is 2.25. The van der Waals surface area contributed by atoms with Crippen molar-refractivity contribution in [3.63, 3.8) is 0 Å². The van der Waals surface area contributed by atoms with Crippen LogP contribution < -0.4 is 5.73 Å². The van der Waals surface area contributed by atoms with E-state index in [4.69, 9.17) is 5.73 Å². The van der Waals surface area contributed by atoms with Gasteiger partial charge in [-0.25, -0.2) is 4.98 Å². The van der Waals surface area contributed by atoms with Gasteiger partial charge in [0.15, 0.2) is 0 Å². The van der Waals surface area contributed by atoms with Crippen molar-refractivity contribution in [1.29, 1.82) is 0 Å². The number of nitrogens with zero attached hydrogens (tertiary/aromatic N) is 2.